The quantitative estimate of drug-likeness (QED) is 0.304. The van der Waals surface area contributed by atoms with Crippen LogP contribution in [0.5, 0.6) is 5.75 Å². The fraction of sp³-hybridized carbons (Fsp3) is 0.385. The van der Waals surface area contributed by atoms with Crippen molar-refractivity contribution >= 4 is 29.1 Å². The van der Waals surface area contributed by atoms with E-state index in [1.807, 2.05) is 31.2 Å². The van der Waals surface area contributed by atoms with E-state index >= 15 is 0 Å². The van der Waals surface area contributed by atoms with Gasteiger partial charge in [0.05, 0.1) is 18.2 Å². The fourth-order valence-corrected chi connectivity index (χ4v) is 4.13. The molecule has 1 unspecified atom stereocenters. The molecule has 1 heterocycles. The molecule has 1 aliphatic rings. The number of aliphatic hydroxyl groups excluding tert-OH is 1. The van der Waals surface area contributed by atoms with Crippen molar-refractivity contribution in [3.05, 3.63) is 70.3 Å². The molecule has 1 fully saturated rings. The molecule has 0 bridgehead atoms. The van der Waals surface area contributed by atoms with E-state index in [0.717, 1.165) is 25.1 Å². The molecule has 1 aliphatic heterocycles. The van der Waals surface area contributed by atoms with Crippen LogP contribution in [0.25, 0.3) is 5.76 Å². The van der Waals surface area contributed by atoms with Crippen molar-refractivity contribution in [3.63, 3.8) is 0 Å². The maximum Gasteiger partial charge on any atom is 0.295 e. The number of nitrogens with zero attached hydrogens (tertiary/aromatic N) is 2. The van der Waals surface area contributed by atoms with Gasteiger partial charge < -0.3 is 19.6 Å². The molecule has 0 spiro atoms. The third-order valence-corrected chi connectivity index (χ3v) is 6.11. The number of halogens is 1. The largest absolute Gasteiger partial charge is 0.507 e. The lowest BCUT2D eigenvalue weighted by atomic mass is 9.95. The number of aliphatic hydroxyl groups is 1. The number of rotatable bonds is 10. The summed E-state index contributed by atoms with van der Waals surface area (Å²) in [4.78, 5) is 30.0. The fourth-order valence-electron chi connectivity index (χ4n) is 4.00. The highest BCUT2D eigenvalue weighted by atomic mass is 35.5. The minimum absolute atomic E-state index is 0.0783. The monoisotopic (exact) mass is 470 g/mol. The molecule has 1 atom stereocenters. The molecule has 2 aromatic rings. The molecule has 6 nitrogen and oxygen atoms in total. The molecule has 1 amide bonds. The Balaban J connectivity index is 2.08. The minimum Gasteiger partial charge on any atom is -0.507 e. The lowest BCUT2D eigenvalue weighted by Gasteiger charge is -2.28. The van der Waals surface area contributed by atoms with Crippen LogP contribution in [0.2, 0.25) is 5.02 Å². The lowest BCUT2D eigenvalue weighted by Crippen LogP contribution is -2.38. The summed E-state index contributed by atoms with van der Waals surface area (Å²) in [5.74, 6) is -0.843. The van der Waals surface area contributed by atoms with E-state index in [9.17, 15) is 14.7 Å². The second kappa shape index (κ2) is 11.3. The third-order valence-electron chi connectivity index (χ3n) is 5.86. The Bertz CT molecular complexity index is 1020. The Hall–Kier alpha value is -2.83. The van der Waals surface area contributed by atoms with E-state index in [1.165, 1.54) is 0 Å². The number of hydrogen-bond acceptors (Lipinski definition) is 5. The van der Waals surface area contributed by atoms with Crippen molar-refractivity contribution in [3.8, 4) is 5.75 Å². The van der Waals surface area contributed by atoms with Crippen molar-refractivity contribution in [1.29, 1.82) is 0 Å². The van der Waals surface area contributed by atoms with Gasteiger partial charge in [0.1, 0.15) is 11.5 Å². The molecule has 176 valence electrons. The van der Waals surface area contributed by atoms with Gasteiger partial charge in [0, 0.05) is 23.7 Å². The molecular weight excluding hydrogens is 440 g/mol. The third kappa shape index (κ3) is 5.57. The smallest absolute Gasteiger partial charge is 0.295 e. The van der Waals surface area contributed by atoms with Crippen LogP contribution in [0.15, 0.2) is 54.1 Å². The zero-order valence-electron chi connectivity index (χ0n) is 19.4. The van der Waals surface area contributed by atoms with E-state index in [1.54, 1.807) is 29.2 Å². The van der Waals surface area contributed by atoms with Crippen LogP contribution < -0.4 is 4.74 Å². The van der Waals surface area contributed by atoms with E-state index in [-0.39, 0.29) is 11.3 Å². The number of amides is 1. The topological polar surface area (TPSA) is 70.1 Å². The minimum atomic E-state index is -0.707. The first-order valence-corrected chi connectivity index (χ1v) is 11.8. The normalized spacial score (nSPS) is 17.7. The van der Waals surface area contributed by atoms with Crippen molar-refractivity contribution in [1.82, 2.24) is 9.80 Å². The van der Waals surface area contributed by atoms with E-state index in [2.05, 4.69) is 18.7 Å². The maximum atomic E-state index is 13.1. The van der Waals surface area contributed by atoms with E-state index < -0.39 is 17.7 Å². The maximum absolute atomic E-state index is 13.1. The van der Waals surface area contributed by atoms with Crippen LogP contribution in [0.1, 0.15) is 44.4 Å². The molecule has 0 aliphatic carbocycles. The van der Waals surface area contributed by atoms with Crippen LogP contribution in [0.4, 0.5) is 0 Å². The number of benzene rings is 2. The number of likely N-dealkylation sites (N-methyl/N-ethyl adjacent to an activating group) is 1. The second-order valence-electron chi connectivity index (χ2n) is 7.95. The summed E-state index contributed by atoms with van der Waals surface area (Å²) in [5.41, 5.74) is 1.23. The highest BCUT2D eigenvalue weighted by Crippen LogP contribution is 2.40. The molecular formula is C26H31ClN2O4. The van der Waals surface area contributed by atoms with Gasteiger partial charge in [0.15, 0.2) is 0 Å². The summed E-state index contributed by atoms with van der Waals surface area (Å²) in [5, 5.41) is 11.6. The van der Waals surface area contributed by atoms with E-state index in [0.29, 0.717) is 36.0 Å². The molecule has 2 aromatic carbocycles. The van der Waals surface area contributed by atoms with Crippen LogP contribution in [0.3, 0.4) is 0 Å². The number of carbonyl (C=O) groups excluding carboxylic acids is 2. The zero-order valence-corrected chi connectivity index (χ0v) is 20.1. The molecule has 0 radical (unpaired) electrons. The average Bonchev–Trinajstić information content (AvgIpc) is 3.08. The SMILES string of the molecule is CCCOc1cccc(C2/C(=C(/O)c3ccc(Cl)cc3)C(=O)C(=O)N2CCN(CC)CC)c1. The number of carbonyl (C=O) groups is 2. The Morgan fingerprint density at radius 3 is 2.42 bits per heavy atom. The first kappa shape index (κ1) is 24.8. The van der Waals surface area contributed by atoms with Gasteiger partial charge in [-0.2, -0.15) is 0 Å². The molecule has 0 aromatic heterocycles. The van der Waals surface area contributed by atoms with Gasteiger partial charge in [-0.3, -0.25) is 9.59 Å². The van der Waals surface area contributed by atoms with Crippen molar-refractivity contribution in [2.75, 3.05) is 32.8 Å². The Labute approximate surface area is 200 Å². The molecule has 1 saturated heterocycles. The van der Waals surface area contributed by atoms with Gasteiger partial charge in [0.25, 0.3) is 11.7 Å². The zero-order chi connectivity index (χ0) is 24.0. The van der Waals surface area contributed by atoms with Crippen LogP contribution >= 0.6 is 11.6 Å². The summed E-state index contributed by atoms with van der Waals surface area (Å²) in [6.45, 7) is 9.40. The summed E-state index contributed by atoms with van der Waals surface area (Å²) < 4.78 is 5.78. The highest BCUT2D eigenvalue weighted by molar-refractivity contribution is 6.46. The van der Waals surface area contributed by atoms with Crippen LogP contribution in [-0.2, 0) is 9.59 Å². The van der Waals surface area contributed by atoms with Crippen molar-refractivity contribution in [2.24, 2.45) is 0 Å². The average molecular weight is 471 g/mol. The predicted molar refractivity (Wildman–Crippen MR) is 130 cm³/mol. The summed E-state index contributed by atoms with van der Waals surface area (Å²) in [6.07, 6.45) is 0.864. The first-order valence-electron chi connectivity index (χ1n) is 11.4. The molecule has 7 heteroatoms. The van der Waals surface area contributed by atoms with Crippen molar-refractivity contribution in [2.45, 2.75) is 33.2 Å². The molecule has 33 heavy (non-hydrogen) atoms. The van der Waals surface area contributed by atoms with Gasteiger partial charge in [-0.25, -0.2) is 0 Å². The van der Waals surface area contributed by atoms with E-state index in [4.69, 9.17) is 16.3 Å². The van der Waals surface area contributed by atoms with Gasteiger partial charge in [0.2, 0.25) is 0 Å². The molecule has 1 N–H and O–H groups in total. The number of ether oxygens (including phenoxy) is 1. The lowest BCUT2D eigenvalue weighted by molar-refractivity contribution is -0.140. The predicted octanol–water partition coefficient (Wildman–Crippen LogP) is 4.89. The van der Waals surface area contributed by atoms with Crippen LogP contribution in [-0.4, -0.2) is 59.4 Å². The van der Waals surface area contributed by atoms with Gasteiger partial charge in [-0.15, -0.1) is 0 Å². The summed E-state index contributed by atoms with van der Waals surface area (Å²) in [7, 11) is 0. The first-order chi connectivity index (χ1) is 15.9. The van der Waals surface area contributed by atoms with Crippen molar-refractivity contribution < 1.29 is 19.4 Å². The Morgan fingerprint density at radius 2 is 1.79 bits per heavy atom. The molecule has 3 rings (SSSR count). The van der Waals surface area contributed by atoms with Gasteiger partial charge >= 0.3 is 0 Å². The Morgan fingerprint density at radius 1 is 1.09 bits per heavy atom. The number of ketones is 1. The second-order valence-corrected chi connectivity index (χ2v) is 8.38. The van der Waals surface area contributed by atoms with Crippen LogP contribution in [0, 0.1) is 0 Å². The Kier molecular flexibility index (Phi) is 8.53. The standard InChI is InChI=1S/C26H31ClN2O4/c1-4-16-33-21-9-7-8-19(17-21)23-22(24(30)18-10-12-20(27)13-11-18)25(31)26(32)29(23)15-14-28(5-2)6-3/h7-13,17,23,30H,4-6,14-16H2,1-3H3/b24-22-. The summed E-state index contributed by atoms with van der Waals surface area (Å²) in [6, 6.07) is 13.2. The number of Topliss-reactive ketones (excluding diaryl/α,β-unsaturated/α-hetero) is 1. The van der Waals surface area contributed by atoms with Gasteiger partial charge in [-0.05, 0) is 61.5 Å². The summed E-state index contributed by atoms with van der Waals surface area (Å²) >= 11 is 5.99. The van der Waals surface area contributed by atoms with Gasteiger partial charge in [-0.1, -0.05) is 44.5 Å². The number of hydrogen-bond donors (Lipinski definition) is 1. The highest BCUT2D eigenvalue weighted by Gasteiger charge is 2.46. The molecule has 0 saturated carbocycles. The number of likely N-dealkylation sites (tertiary alicyclic amines) is 1.